The molecule has 2 N–H and O–H groups in total. The maximum atomic E-state index is 5.85. The second-order valence-corrected chi connectivity index (χ2v) is 4.01. The summed E-state index contributed by atoms with van der Waals surface area (Å²) >= 11 is 0. The minimum absolute atomic E-state index is 0. The summed E-state index contributed by atoms with van der Waals surface area (Å²) in [7, 11) is 0. The minimum atomic E-state index is -0.222. The summed E-state index contributed by atoms with van der Waals surface area (Å²) in [6, 6.07) is 0. The third-order valence-corrected chi connectivity index (χ3v) is 3.08. The molecule has 2 rings (SSSR count). The van der Waals surface area contributed by atoms with E-state index in [0.29, 0.717) is 5.41 Å². The van der Waals surface area contributed by atoms with Crippen molar-refractivity contribution in [2.45, 2.75) is 37.6 Å². The minimum Gasteiger partial charge on any atom is -0.315 e. The lowest BCUT2D eigenvalue weighted by atomic mass is 9.49. The molecule has 0 heterocycles. The molecule has 2 aliphatic rings. The fourth-order valence-corrected chi connectivity index (χ4v) is 2.42. The molecule has 0 aliphatic heterocycles. The highest BCUT2D eigenvalue weighted by Crippen LogP contribution is 2.59. The summed E-state index contributed by atoms with van der Waals surface area (Å²) in [6.07, 6.45) is 11.6. The zero-order chi connectivity index (χ0) is 7.24. The van der Waals surface area contributed by atoms with Crippen molar-refractivity contribution < 1.29 is 0 Å². The van der Waals surface area contributed by atoms with Crippen molar-refractivity contribution in [1.82, 2.24) is 0 Å². The summed E-state index contributed by atoms with van der Waals surface area (Å²) in [5.74, 6) is 2.68. The Hall–Kier alpha value is -0.190. The van der Waals surface area contributed by atoms with Gasteiger partial charge in [0.25, 0.3) is 0 Å². The van der Waals surface area contributed by atoms with Gasteiger partial charge in [-0.2, -0.15) is 0 Å². The average Bonchev–Trinajstić information content (AvgIpc) is 1.77. The van der Waals surface area contributed by atoms with Gasteiger partial charge in [0.1, 0.15) is 0 Å². The van der Waals surface area contributed by atoms with Gasteiger partial charge in [-0.1, -0.05) is 12.3 Å². The monoisotopic (exact) mass is 171 g/mol. The van der Waals surface area contributed by atoms with Gasteiger partial charge in [-0.15, -0.1) is 18.8 Å². The molecule has 2 saturated carbocycles. The van der Waals surface area contributed by atoms with Crippen molar-refractivity contribution in [1.29, 1.82) is 0 Å². The molecule has 0 amide bonds. The Labute approximate surface area is 74.1 Å². The van der Waals surface area contributed by atoms with E-state index in [0.717, 1.165) is 12.8 Å². The smallest absolute Gasteiger partial charge is 0.0784 e. The van der Waals surface area contributed by atoms with Crippen molar-refractivity contribution in [3.8, 4) is 12.3 Å². The topological polar surface area (TPSA) is 26.0 Å². The van der Waals surface area contributed by atoms with Crippen LogP contribution in [0.1, 0.15) is 32.1 Å². The molecule has 0 aromatic carbocycles. The first-order valence-corrected chi connectivity index (χ1v) is 3.95. The van der Waals surface area contributed by atoms with Crippen molar-refractivity contribution >= 4 is 12.4 Å². The van der Waals surface area contributed by atoms with Crippen LogP contribution >= 0.6 is 12.4 Å². The molecule has 1 spiro atoms. The lowest BCUT2D eigenvalue weighted by Crippen LogP contribution is -2.59. The lowest BCUT2D eigenvalue weighted by molar-refractivity contribution is -0.0167. The van der Waals surface area contributed by atoms with Crippen LogP contribution in [-0.2, 0) is 0 Å². The molecule has 2 aliphatic carbocycles. The van der Waals surface area contributed by atoms with Crippen LogP contribution in [0.5, 0.6) is 0 Å². The first-order chi connectivity index (χ1) is 4.68. The highest BCUT2D eigenvalue weighted by atomic mass is 35.5. The number of halogens is 1. The zero-order valence-electron chi connectivity index (χ0n) is 6.60. The highest BCUT2D eigenvalue weighted by Gasteiger charge is 2.54. The van der Waals surface area contributed by atoms with Crippen molar-refractivity contribution in [3.63, 3.8) is 0 Å². The molecule has 11 heavy (non-hydrogen) atoms. The van der Waals surface area contributed by atoms with Crippen LogP contribution in [0.4, 0.5) is 0 Å². The quantitative estimate of drug-likeness (QED) is 0.552. The van der Waals surface area contributed by atoms with Crippen LogP contribution in [0, 0.1) is 17.8 Å². The van der Waals surface area contributed by atoms with Crippen molar-refractivity contribution in [3.05, 3.63) is 0 Å². The van der Waals surface area contributed by atoms with Crippen LogP contribution < -0.4 is 5.73 Å². The summed E-state index contributed by atoms with van der Waals surface area (Å²) < 4.78 is 0. The standard InChI is InChI=1S/C9H13N.ClH/c1-2-9(10)6-8(7-9)4-3-5-8;/h1H,3-7,10H2;1H. The van der Waals surface area contributed by atoms with Gasteiger partial charge < -0.3 is 5.73 Å². The second-order valence-electron chi connectivity index (χ2n) is 4.01. The van der Waals surface area contributed by atoms with Gasteiger partial charge in [0.2, 0.25) is 0 Å². The maximum absolute atomic E-state index is 5.85. The van der Waals surface area contributed by atoms with Gasteiger partial charge in [0.15, 0.2) is 0 Å². The van der Waals surface area contributed by atoms with Crippen LogP contribution in [0.15, 0.2) is 0 Å². The second kappa shape index (κ2) is 2.40. The molecule has 1 nitrogen and oxygen atoms in total. The van der Waals surface area contributed by atoms with E-state index in [-0.39, 0.29) is 17.9 Å². The number of rotatable bonds is 0. The predicted molar refractivity (Wildman–Crippen MR) is 48.5 cm³/mol. The van der Waals surface area contributed by atoms with Crippen molar-refractivity contribution in [2.75, 3.05) is 0 Å². The summed E-state index contributed by atoms with van der Waals surface area (Å²) in [5, 5.41) is 0. The third kappa shape index (κ3) is 1.15. The SMILES string of the molecule is C#CC1(N)CC2(CCC2)C1.Cl. The Morgan fingerprint density at radius 3 is 2.09 bits per heavy atom. The molecular weight excluding hydrogens is 158 g/mol. The van der Waals surface area contributed by atoms with Gasteiger partial charge in [-0.05, 0) is 31.1 Å². The zero-order valence-corrected chi connectivity index (χ0v) is 7.41. The average molecular weight is 172 g/mol. The summed E-state index contributed by atoms with van der Waals surface area (Å²) in [6.45, 7) is 0. The fraction of sp³-hybridized carbons (Fsp3) is 0.778. The van der Waals surface area contributed by atoms with Crippen molar-refractivity contribution in [2.24, 2.45) is 11.1 Å². The van der Waals surface area contributed by atoms with E-state index >= 15 is 0 Å². The van der Waals surface area contributed by atoms with E-state index in [4.69, 9.17) is 12.2 Å². The van der Waals surface area contributed by atoms with Crippen LogP contribution in [0.3, 0.4) is 0 Å². The normalized spacial score (nSPS) is 29.1. The Morgan fingerprint density at radius 1 is 1.27 bits per heavy atom. The first kappa shape index (κ1) is 8.90. The Balaban J connectivity index is 0.000000605. The largest absolute Gasteiger partial charge is 0.315 e. The molecule has 62 valence electrons. The molecule has 0 unspecified atom stereocenters. The first-order valence-electron chi connectivity index (χ1n) is 3.95. The van der Waals surface area contributed by atoms with Crippen LogP contribution in [-0.4, -0.2) is 5.54 Å². The third-order valence-electron chi connectivity index (χ3n) is 3.08. The predicted octanol–water partition coefficient (Wildman–Crippen LogP) is 1.70. The molecule has 2 heteroatoms. The molecular formula is C9H14ClN. The Morgan fingerprint density at radius 2 is 1.82 bits per heavy atom. The fourth-order valence-electron chi connectivity index (χ4n) is 2.42. The molecule has 0 saturated heterocycles. The number of hydrogen-bond acceptors (Lipinski definition) is 1. The van der Waals surface area contributed by atoms with Gasteiger partial charge in [0, 0.05) is 0 Å². The number of terminal acetylenes is 1. The van der Waals surface area contributed by atoms with E-state index in [9.17, 15) is 0 Å². The lowest BCUT2D eigenvalue weighted by Gasteiger charge is -2.57. The molecule has 2 fully saturated rings. The van der Waals surface area contributed by atoms with Crippen LogP contribution in [0.2, 0.25) is 0 Å². The maximum Gasteiger partial charge on any atom is 0.0784 e. The van der Waals surface area contributed by atoms with E-state index in [2.05, 4.69) is 5.92 Å². The molecule has 0 aromatic rings. The van der Waals surface area contributed by atoms with E-state index < -0.39 is 0 Å². The number of nitrogens with two attached hydrogens (primary N) is 1. The van der Waals surface area contributed by atoms with E-state index in [1.807, 2.05) is 0 Å². The molecule has 0 radical (unpaired) electrons. The molecule has 0 atom stereocenters. The Bertz CT molecular complexity index is 192. The van der Waals surface area contributed by atoms with Gasteiger partial charge in [0.05, 0.1) is 5.54 Å². The highest BCUT2D eigenvalue weighted by molar-refractivity contribution is 5.85. The van der Waals surface area contributed by atoms with Gasteiger partial charge in [-0.25, -0.2) is 0 Å². The van der Waals surface area contributed by atoms with Gasteiger partial charge >= 0.3 is 0 Å². The Kier molecular flexibility index (Phi) is 1.94. The van der Waals surface area contributed by atoms with Gasteiger partial charge in [-0.3, -0.25) is 0 Å². The molecule has 0 bridgehead atoms. The van der Waals surface area contributed by atoms with E-state index in [1.165, 1.54) is 19.3 Å². The summed E-state index contributed by atoms with van der Waals surface area (Å²) in [5.41, 5.74) is 6.24. The summed E-state index contributed by atoms with van der Waals surface area (Å²) in [4.78, 5) is 0. The van der Waals surface area contributed by atoms with E-state index in [1.54, 1.807) is 0 Å². The molecule has 0 aromatic heterocycles. The van der Waals surface area contributed by atoms with Crippen LogP contribution in [0.25, 0.3) is 0 Å². The number of hydrogen-bond donors (Lipinski definition) is 1.